The highest BCUT2D eigenvalue weighted by atomic mass is 32.2. The van der Waals surface area contributed by atoms with Crippen LogP contribution in [0.15, 0.2) is 59.8 Å². The average molecular weight is 412 g/mol. The fraction of sp³-hybridized carbons (Fsp3) is 0.333. The number of rotatable bonds is 9. The van der Waals surface area contributed by atoms with E-state index in [0.717, 1.165) is 24.3 Å². The lowest BCUT2D eigenvalue weighted by Gasteiger charge is -2.17. The summed E-state index contributed by atoms with van der Waals surface area (Å²) < 4.78 is 6.80. The number of hydrogen-bond acceptors (Lipinski definition) is 6. The van der Waals surface area contributed by atoms with Crippen LogP contribution in [0.1, 0.15) is 25.8 Å². The fourth-order valence-corrected chi connectivity index (χ4v) is 3.63. The van der Waals surface area contributed by atoms with Gasteiger partial charge in [0.15, 0.2) is 0 Å². The van der Waals surface area contributed by atoms with Crippen LogP contribution in [0.25, 0.3) is 5.69 Å². The van der Waals surface area contributed by atoms with E-state index >= 15 is 0 Å². The number of nitrogens with zero attached hydrogens (tertiary/aromatic N) is 4. The molecule has 3 aromatic rings. The molecule has 0 spiro atoms. The van der Waals surface area contributed by atoms with Gasteiger partial charge in [0.1, 0.15) is 5.75 Å². The number of nitrogens with one attached hydrogen (secondary N) is 1. The first-order valence-corrected chi connectivity index (χ1v) is 10.4. The number of hydrogen-bond donors (Lipinski definition) is 1. The SMILES string of the molecule is COc1ccc(-n2nnnc2SC(C)C(=O)NC(C)CCc2ccccc2)cc1. The van der Waals surface area contributed by atoms with E-state index in [1.165, 1.54) is 17.3 Å². The zero-order valence-electron chi connectivity index (χ0n) is 16.8. The van der Waals surface area contributed by atoms with Gasteiger partial charge in [-0.1, -0.05) is 42.1 Å². The summed E-state index contributed by atoms with van der Waals surface area (Å²) >= 11 is 1.33. The van der Waals surface area contributed by atoms with E-state index in [1.807, 2.05) is 56.3 Å². The van der Waals surface area contributed by atoms with Crippen LogP contribution in [0, 0.1) is 0 Å². The predicted octanol–water partition coefficient (Wildman–Crippen LogP) is 3.29. The molecule has 3 rings (SSSR count). The summed E-state index contributed by atoms with van der Waals surface area (Å²) in [6.45, 7) is 3.89. The molecule has 152 valence electrons. The topological polar surface area (TPSA) is 81.9 Å². The first-order valence-electron chi connectivity index (χ1n) is 9.50. The molecule has 0 radical (unpaired) electrons. The Balaban J connectivity index is 1.55. The summed E-state index contributed by atoms with van der Waals surface area (Å²) in [5, 5.41) is 15.2. The molecule has 8 heteroatoms. The van der Waals surface area contributed by atoms with Crippen molar-refractivity contribution in [2.45, 2.75) is 43.1 Å². The van der Waals surface area contributed by atoms with Gasteiger partial charge in [0, 0.05) is 6.04 Å². The van der Waals surface area contributed by atoms with Gasteiger partial charge in [-0.2, -0.15) is 4.68 Å². The van der Waals surface area contributed by atoms with E-state index in [2.05, 4.69) is 33.0 Å². The molecule has 1 heterocycles. The predicted molar refractivity (Wildman–Crippen MR) is 113 cm³/mol. The van der Waals surface area contributed by atoms with Gasteiger partial charge in [-0.3, -0.25) is 4.79 Å². The van der Waals surface area contributed by atoms with Gasteiger partial charge >= 0.3 is 0 Å². The molecule has 0 fully saturated rings. The van der Waals surface area contributed by atoms with Crippen molar-refractivity contribution in [1.82, 2.24) is 25.5 Å². The van der Waals surface area contributed by atoms with Gasteiger partial charge in [-0.25, -0.2) is 0 Å². The number of thioether (sulfide) groups is 1. The Bertz CT molecular complexity index is 914. The standard InChI is InChI=1S/C21H25N5O2S/c1-15(9-10-17-7-5-4-6-8-17)22-20(27)16(2)29-21-23-24-25-26(21)18-11-13-19(28-3)14-12-18/h4-8,11-16H,9-10H2,1-3H3,(H,22,27). The average Bonchev–Trinajstić information content (AvgIpc) is 3.21. The number of amides is 1. The normalized spacial score (nSPS) is 12.9. The van der Waals surface area contributed by atoms with Crippen LogP contribution in [0.5, 0.6) is 5.75 Å². The minimum atomic E-state index is -0.322. The monoisotopic (exact) mass is 411 g/mol. The van der Waals surface area contributed by atoms with Gasteiger partial charge in [-0.05, 0) is 66.9 Å². The fourth-order valence-electron chi connectivity index (χ4n) is 2.81. The van der Waals surface area contributed by atoms with E-state index in [9.17, 15) is 4.79 Å². The molecule has 2 atom stereocenters. The van der Waals surface area contributed by atoms with Gasteiger partial charge in [-0.15, -0.1) is 5.10 Å². The lowest BCUT2D eigenvalue weighted by Crippen LogP contribution is -2.38. The summed E-state index contributed by atoms with van der Waals surface area (Å²) in [4.78, 5) is 12.6. The lowest BCUT2D eigenvalue weighted by molar-refractivity contribution is -0.120. The van der Waals surface area contributed by atoms with Crippen LogP contribution in [0.3, 0.4) is 0 Å². The van der Waals surface area contributed by atoms with Gasteiger partial charge in [0.2, 0.25) is 11.1 Å². The molecule has 1 N–H and O–H groups in total. The highest BCUT2D eigenvalue weighted by molar-refractivity contribution is 8.00. The van der Waals surface area contributed by atoms with E-state index in [1.54, 1.807) is 11.8 Å². The second-order valence-corrected chi connectivity index (χ2v) is 8.07. The van der Waals surface area contributed by atoms with Crippen LogP contribution in [-0.2, 0) is 11.2 Å². The molecule has 0 saturated heterocycles. The number of methoxy groups -OCH3 is 1. The zero-order valence-corrected chi connectivity index (χ0v) is 17.6. The molecule has 0 saturated carbocycles. The Labute approximate surface area is 174 Å². The Hall–Kier alpha value is -2.87. The highest BCUT2D eigenvalue weighted by Gasteiger charge is 2.20. The van der Waals surface area contributed by atoms with Crippen molar-refractivity contribution in [1.29, 1.82) is 0 Å². The number of carbonyl (C=O) groups is 1. The van der Waals surface area contributed by atoms with E-state index in [0.29, 0.717) is 5.16 Å². The van der Waals surface area contributed by atoms with Crippen molar-refractivity contribution in [2.75, 3.05) is 7.11 Å². The maximum atomic E-state index is 12.6. The van der Waals surface area contributed by atoms with Crippen molar-refractivity contribution in [3.05, 3.63) is 60.2 Å². The Morgan fingerprint density at radius 3 is 2.55 bits per heavy atom. The maximum Gasteiger partial charge on any atom is 0.233 e. The number of ether oxygens (including phenoxy) is 1. The first kappa shape index (κ1) is 20.9. The van der Waals surface area contributed by atoms with Crippen molar-refractivity contribution >= 4 is 17.7 Å². The van der Waals surface area contributed by atoms with E-state index in [-0.39, 0.29) is 17.2 Å². The molecule has 2 unspecified atom stereocenters. The molecule has 0 aliphatic heterocycles. The highest BCUT2D eigenvalue weighted by Crippen LogP contribution is 2.24. The summed E-state index contributed by atoms with van der Waals surface area (Å²) in [7, 11) is 1.62. The minimum absolute atomic E-state index is 0.0279. The summed E-state index contributed by atoms with van der Waals surface area (Å²) in [6, 6.07) is 17.8. The number of aryl methyl sites for hydroxylation is 1. The van der Waals surface area contributed by atoms with Crippen LogP contribution in [-0.4, -0.2) is 44.5 Å². The number of benzene rings is 2. The molecule has 1 aromatic heterocycles. The molecular formula is C21H25N5O2S. The molecule has 29 heavy (non-hydrogen) atoms. The van der Waals surface area contributed by atoms with Crippen LogP contribution >= 0.6 is 11.8 Å². The largest absolute Gasteiger partial charge is 0.497 e. The quantitative estimate of drug-likeness (QED) is 0.544. The Kier molecular flexibility index (Phi) is 7.24. The third-order valence-corrected chi connectivity index (χ3v) is 5.54. The second-order valence-electron chi connectivity index (χ2n) is 6.77. The van der Waals surface area contributed by atoms with Gasteiger partial charge in [0.05, 0.1) is 18.0 Å². The van der Waals surface area contributed by atoms with Gasteiger partial charge in [0.25, 0.3) is 0 Å². The summed E-state index contributed by atoms with van der Waals surface area (Å²) in [6.07, 6.45) is 1.82. The second kappa shape index (κ2) is 10.1. The smallest absolute Gasteiger partial charge is 0.233 e. The van der Waals surface area contributed by atoms with E-state index in [4.69, 9.17) is 4.74 Å². The Morgan fingerprint density at radius 1 is 1.14 bits per heavy atom. The molecular weight excluding hydrogens is 386 g/mol. The molecule has 7 nitrogen and oxygen atoms in total. The van der Waals surface area contributed by atoms with Crippen LogP contribution in [0.2, 0.25) is 0 Å². The zero-order chi connectivity index (χ0) is 20.6. The third-order valence-electron chi connectivity index (χ3n) is 4.51. The van der Waals surface area contributed by atoms with Crippen molar-refractivity contribution in [2.24, 2.45) is 0 Å². The van der Waals surface area contributed by atoms with Crippen molar-refractivity contribution < 1.29 is 9.53 Å². The van der Waals surface area contributed by atoms with Gasteiger partial charge < -0.3 is 10.1 Å². The van der Waals surface area contributed by atoms with Crippen LogP contribution in [0.4, 0.5) is 0 Å². The molecule has 2 aromatic carbocycles. The molecule has 0 aliphatic carbocycles. The first-order chi connectivity index (χ1) is 14.1. The summed E-state index contributed by atoms with van der Waals surface area (Å²) in [5.74, 6) is 0.730. The molecule has 1 amide bonds. The van der Waals surface area contributed by atoms with E-state index < -0.39 is 0 Å². The van der Waals surface area contributed by atoms with Crippen molar-refractivity contribution in [3.8, 4) is 11.4 Å². The molecule has 0 bridgehead atoms. The number of carbonyl (C=O) groups excluding carboxylic acids is 1. The minimum Gasteiger partial charge on any atom is -0.497 e. The molecule has 0 aliphatic rings. The number of aromatic nitrogens is 4. The van der Waals surface area contributed by atoms with Crippen LogP contribution < -0.4 is 10.1 Å². The number of tetrazole rings is 1. The van der Waals surface area contributed by atoms with Crippen molar-refractivity contribution in [3.63, 3.8) is 0 Å². The summed E-state index contributed by atoms with van der Waals surface area (Å²) in [5.41, 5.74) is 2.08. The third kappa shape index (κ3) is 5.80. The Morgan fingerprint density at radius 2 is 1.86 bits per heavy atom. The lowest BCUT2D eigenvalue weighted by atomic mass is 10.1. The maximum absolute atomic E-state index is 12.6.